The second kappa shape index (κ2) is 11.3. The molecule has 39 heavy (non-hydrogen) atoms. The number of aromatic nitrogens is 2. The summed E-state index contributed by atoms with van der Waals surface area (Å²) in [5, 5.41) is 5.59. The monoisotopic (exact) mass is 530 g/mol. The fraction of sp³-hybridized carbons (Fsp3) is 0.241. The van der Waals surface area contributed by atoms with Crippen LogP contribution in [-0.2, 0) is 17.9 Å². The van der Waals surface area contributed by atoms with Crippen LogP contribution in [0.15, 0.2) is 64.2 Å². The van der Waals surface area contributed by atoms with Gasteiger partial charge in [-0.1, -0.05) is 29.8 Å². The van der Waals surface area contributed by atoms with Gasteiger partial charge in [0.15, 0.2) is 11.5 Å². The van der Waals surface area contributed by atoms with Crippen LogP contribution < -0.4 is 31.4 Å². The van der Waals surface area contributed by atoms with E-state index in [9.17, 15) is 19.2 Å². The van der Waals surface area contributed by atoms with Crippen LogP contribution >= 0.6 is 0 Å². The van der Waals surface area contributed by atoms with Crippen LogP contribution in [0.4, 0.5) is 5.69 Å². The number of anilines is 1. The summed E-state index contributed by atoms with van der Waals surface area (Å²) >= 11 is 0. The summed E-state index contributed by atoms with van der Waals surface area (Å²) in [6, 6.07) is 15.2. The lowest BCUT2D eigenvalue weighted by Crippen LogP contribution is -2.42. The normalized spacial score (nSPS) is 10.8. The standard InChI is InChI=1S/C29H30N4O6/c1-17-6-11-22(18(2)12-17)31-26(34)16-32-23-14-25(39-5)24(38-4)13-21(23)28(36)33(29(32)37)15-19-7-9-20(10-8-19)27(35)30-3/h6-14H,15-16H2,1-5H3,(H,30,35)(H,31,34). The summed E-state index contributed by atoms with van der Waals surface area (Å²) < 4.78 is 13.1. The van der Waals surface area contributed by atoms with Crippen LogP contribution in [0.3, 0.4) is 0 Å². The van der Waals surface area contributed by atoms with Gasteiger partial charge in [0.25, 0.3) is 11.5 Å². The molecule has 0 saturated heterocycles. The Labute approximate surface area is 224 Å². The summed E-state index contributed by atoms with van der Waals surface area (Å²) in [5.41, 5.74) is 2.69. The number of aryl methyl sites for hydroxylation is 2. The predicted molar refractivity (Wildman–Crippen MR) is 149 cm³/mol. The smallest absolute Gasteiger partial charge is 0.332 e. The number of carbonyl (C=O) groups is 2. The SMILES string of the molecule is CNC(=O)c1ccc(Cn2c(=O)c3cc(OC)c(OC)cc3n(CC(=O)Nc3ccc(C)cc3C)c2=O)cc1. The molecule has 0 unspecified atom stereocenters. The highest BCUT2D eigenvalue weighted by molar-refractivity contribution is 5.94. The van der Waals surface area contributed by atoms with Crippen molar-refractivity contribution in [3.05, 3.63) is 97.7 Å². The van der Waals surface area contributed by atoms with Gasteiger partial charge in [0, 0.05) is 24.4 Å². The Morgan fingerprint density at radius 3 is 2.15 bits per heavy atom. The molecule has 1 aromatic heterocycles. The van der Waals surface area contributed by atoms with Gasteiger partial charge in [-0.05, 0) is 49.2 Å². The van der Waals surface area contributed by atoms with Crippen molar-refractivity contribution in [2.24, 2.45) is 0 Å². The van der Waals surface area contributed by atoms with Crippen LogP contribution in [0.5, 0.6) is 11.5 Å². The molecular formula is C29H30N4O6. The summed E-state index contributed by atoms with van der Waals surface area (Å²) in [4.78, 5) is 52.2. The van der Waals surface area contributed by atoms with E-state index >= 15 is 0 Å². The van der Waals surface area contributed by atoms with Crippen LogP contribution in [0, 0.1) is 13.8 Å². The third kappa shape index (κ3) is 5.54. The molecule has 4 aromatic rings. The first-order chi connectivity index (χ1) is 18.7. The van der Waals surface area contributed by atoms with Crippen LogP contribution in [0.2, 0.25) is 0 Å². The highest BCUT2D eigenvalue weighted by Crippen LogP contribution is 2.30. The van der Waals surface area contributed by atoms with Crippen molar-refractivity contribution >= 4 is 28.4 Å². The fourth-order valence-corrected chi connectivity index (χ4v) is 4.41. The van der Waals surface area contributed by atoms with Gasteiger partial charge in [-0.15, -0.1) is 0 Å². The third-order valence-corrected chi connectivity index (χ3v) is 6.47. The van der Waals surface area contributed by atoms with Crippen molar-refractivity contribution in [3.63, 3.8) is 0 Å². The molecule has 0 aliphatic rings. The summed E-state index contributed by atoms with van der Waals surface area (Å²) in [6.07, 6.45) is 0. The molecule has 1 heterocycles. The van der Waals surface area contributed by atoms with Gasteiger partial charge in [0.05, 0.1) is 31.7 Å². The highest BCUT2D eigenvalue weighted by atomic mass is 16.5. The Hall–Kier alpha value is -4.86. The van der Waals surface area contributed by atoms with Crippen molar-refractivity contribution < 1.29 is 19.1 Å². The first-order valence-electron chi connectivity index (χ1n) is 12.2. The zero-order valence-electron chi connectivity index (χ0n) is 22.5. The molecule has 0 atom stereocenters. The van der Waals surface area contributed by atoms with Gasteiger partial charge in [0.1, 0.15) is 6.54 Å². The number of nitrogens with zero attached hydrogens (tertiary/aromatic N) is 2. The predicted octanol–water partition coefficient (Wildman–Crippen LogP) is 2.84. The van der Waals surface area contributed by atoms with E-state index in [2.05, 4.69) is 10.6 Å². The van der Waals surface area contributed by atoms with E-state index in [1.54, 1.807) is 30.3 Å². The van der Waals surface area contributed by atoms with Gasteiger partial charge in [-0.2, -0.15) is 0 Å². The van der Waals surface area contributed by atoms with E-state index in [4.69, 9.17) is 9.47 Å². The van der Waals surface area contributed by atoms with Gasteiger partial charge in [0.2, 0.25) is 5.91 Å². The Balaban J connectivity index is 1.82. The number of hydrogen-bond acceptors (Lipinski definition) is 6. The Bertz CT molecular complexity index is 1690. The van der Waals surface area contributed by atoms with E-state index in [-0.39, 0.29) is 29.9 Å². The summed E-state index contributed by atoms with van der Waals surface area (Å²) in [7, 11) is 4.43. The minimum atomic E-state index is -0.661. The largest absolute Gasteiger partial charge is 0.493 e. The number of hydrogen-bond donors (Lipinski definition) is 2. The molecule has 2 amide bonds. The fourth-order valence-electron chi connectivity index (χ4n) is 4.41. The molecule has 10 nitrogen and oxygen atoms in total. The van der Waals surface area contributed by atoms with Gasteiger partial charge < -0.3 is 20.1 Å². The first-order valence-corrected chi connectivity index (χ1v) is 12.2. The Morgan fingerprint density at radius 2 is 1.54 bits per heavy atom. The molecule has 0 spiro atoms. The maximum atomic E-state index is 13.7. The Morgan fingerprint density at radius 1 is 0.872 bits per heavy atom. The summed E-state index contributed by atoms with van der Waals surface area (Å²) in [6.45, 7) is 3.45. The second-order valence-electron chi connectivity index (χ2n) is 9.13. The minimum absolute atomic E-state index is 0.0608. The van der Waals surface area contributed by atoms with Crippen molar-refractivity contribution in [2.75, 3.05) is 26.6 Å². The van der Waals surface area contributed by atoms with Gasteiger partial charge >= 0.3 is 5.69 Å². The molecule has 0 aliphatic carbocycles. The van der Waals surface area contributed by atoms with Gasteiger partial charge in [-0.25, -0.2) is 4.79 Å². The van der Waals surface area contributed by atoms with E-state index in [0.29, 0.717) is 28.3 Å². The van der Waals surface area contributed by atoms with Gasteiger partial charge in [-0.3, -0.25) is 23.5 Å². The maximum absolute atomic E-state index is 13.7. The zero-order chi connectivity index (χ0) is 28.3. The summed E-state index contributed by atoms with van der Waals surface area (Å²) in [5.74, 6) is -0.0497. The van der Waals surface area contributed by atoms with E-state index in [0.717, 1.165) is 15.7 Å². The van der Waals surface area contributed by atoms with Crippen LogP contribution in [-0.4, -0.2) is 42.2 Å². The van der Waals surface area contributed by atoms with Crippen LogP contribution in [0.25, 0.3) is 10.9 Å². The van der Waals surface area contributed by atoms with E-state index in [1.807, 2.05) is 26.0 Å². The molecule has 0 saturated carbocycles. The second-order valence-corrected chi connectivity index (χ2v) is 9.13. The molecule has 10 heteroatoms. The molecule has 0 bridgehead atoms. The average molecular weight is 531 g/mol. The molecule has 0 aliphatic heterocycles. The zero-order valence-corrected chi connectivity index (χ0v) is 22.5. The third-order valence-electron chi connectivity index (χ3n) is 6.47. The maximum Gasteiger partial charge on any atom is 0.332 e. The lowest BCUT2D eigenvalue weighted by atomic mass is 10.1. The van der Waals surface area contributed by atoms with Crippen molar-refractivity contribution in [1.82, 2.24) is 14.5 Å². The Kier molecular flexibility index (Phi) is 7.85. The number of fused-ring (bicyclic) bond motifs is 1. The molecule has 3 aromatic carbocycles. The topological polar surface area (TPSA) is 121 Å². The van der Waals surface area contributed by atoms with Crippen molar-refractivity contribution in [2.45, 2.75) is 26.9 Å². The number of amides is 2. The quantitative estimate of drug-likeness (QED) is 0.362. The van der Waals surface area contributed by atoms with E-state index in [1.165, 1.54) is 38.0 Å². The molecule has 4 rings (SSSR count). The van der Waals surface area contributed by atoms with Crippen molar-refractivity contribution in [1.29, 1.82) is 0 Å². The minimum Gasteiger partial charge on any atom is -0.493 e. The lowest BCUT2D eigenvalue weighted by molar-refractivity contribution is -0.116. The number of rotatable bonds is 8. The first kappa shape index (κ1) is 27.2. The molecular weight excluding hydrogens is 500 g/mol. The molecule has 0 radical (unpaired) electrons. The average Bonchev–Trinajstić information content (AvgIpc) is 2.94. The lowest BCUT2D eigenvalue weighted by Gasteiger charge is -2.17. The number of carbonyl (C=O) groups excluding carboxylic acids is 2. The molecule has 0 fully saturated rings. The number of methoxy groups -OCH3 is 2. The molecule has 2 N–H and O–H groups in total. The molecule has 202 valence electrons. The van der Waals surface area contributed by atoms with Crippen molar-refractivity contribution in [3.8, 4) is 11.5 Å². The number of ether oxygens (including phenoxy) is 2. The highest BCUT2D eigenvalue weighted by Gasteiger charge is 2.19. The number of nitrogens with one attached hydrogen (secondary N) is 2. The number of benzene rings is 3. The van der Waals surface area contributed by atoms with E-state index < -0.39 is 17.2 Å². The van der Waals surface area contributed by atoms with Crippen LogP contribution in [0.1, 0.15) is 27.0 Å².